The molecule has 5 nitrogen and oxygen atoms in total. The molecule has 0 aliphatic heterocycles. The summed E-state index contributed by atoms with van der Waals surface area (Å²) >= 11 is 0. The fraction of sp³-hybridized carbons (Fsp3) is 0.0370. The maximum atomic E-state index is 13.0. The van der Waals surface area contributed by atoms with Crippen LogP contribution in [-0.4, -0.2) is 5.91 Å². The van der Waals surface area contributed by atoms with Crippen molar-refractivity contribution < 1.29 is 14.8 Å². The fourth-order valence-corrected chi connectivity index (χ4v) is 3.25. The molecule has 4 rings (SSSR count). The Hall–Kier alpha value is -4.40. The van der Waals surface area contributed by atoms with Crippen LogP contribution in [0, 0.1) is 11.3 Å². The normalized spacial score (nSPS) is 10.2. The first kappa shape index (κ1) is 20.9. The van der Waals surface area contributed by atoms with Gasteiger partial charge in [-0.2, -0.15) is 5.26 Å². The van der Waals surface area contributed by atoms with E-state index in [0.29, 0.717) is 23.4 Å². The van der Waals surface area contributed by atoms with E-state index in [-0.39, 0.29) is 5.91 Å². The maximum absolute atomic E-state index is 13.0. The van der Waals surface area contributed by atoms with Gasteiger partial charge >= 0.3 is 0 Å². The van der Waals surface area contributed by atoms with Gasteiger partial charge in [-0.3, -0.25) is 10.1 Å². The zero-order valence-electron chi connectivity index (χ0n) is 17.4. The first-order chi connectivity index (χ1) is 15.7. The monoisotopic (exact) mass is 420 g/mol. The average molecular weight is 420 g/mol. The van der Waals surface area contributed by atoms with Crippen LogP contribution in [0.5, 0.6) is 5.75 Å². The van der Waals surface area contributed by atoms with Crippen LogP contribution in [-0.2, 0) is 6.61 Å². The third kappa shape index (κ3) is 5.39. The zero-order chi connectivity index (χ0) is 22.2. The highest BCUT2D eigenvalue weighted by molar-refractivity contribution is 6.07. The van der Waals surface area contributed by atoms with E-state index in [9.17, 15) is 10.1 Å². The van der Waals surface area contributed by atoms with Crippen LogP contribution in [0.4, 0.5) is 17.1 Å². The van der Waals surface area contributed by atoms with Crippen molar-refractivity contribution in [1.29, 1.82) is 5.26 Å². The maximum Gasteiger partial charge on any atom is 0.261 e. The van der Waals surface area contributed by atoms with Crippen molar-refractivity contribution in [1.82, 2.24) is 0 Å². The summed E-state index contributed by atoms with van der Waals surface area (Å²) in [5, 5.41) is 14.1. The Morgan fingerprint density at radius 2 is 1.56 bits per heavy atom. The number of nitrogens with zero attached hydrogens (tertiary/aromatic N) is 1. The number of nitriles is 1. The lowest BCUT2D eigenvalue weighted by Gasteiger charge is -2.10. The van der Waals surface area contributed by atoms with E-state index in [1.54, 1.807) is 30.3 Å². The second-order valence-electron chi connectivity index (χ2n) is 7.22. The van der Waals surface area contributed by atoms with Crippen LogP contribution in [0.25, 0.3) is 0 Å². The van der Waals surface area contributed by atoms with Gasteiger partial charge in [0.1, 0.15) is 29.3 Å². The number of quaternary nitrogens is 1. The number of rotatable bonds is 7. The van der Waals surface area contributed by atoms with Crippen molar-refractivity contribution in [3.05, 3.63) is 120 Å². The molecular formula is C27H22N3O2+. The van der Waals surface area contributed by atoms with Crippen LogP contribution in [0.15, 0.2) is 103 Å². The summed E-state index contributed by atoms with van der Waals surface area (Å²) in [6, 6.07) is 34.1. The van der Waals surface area contributed by atoms with Gasteiger partial charge in [0, 0.05) is 11.8 Å². The molecule has 0 bridgehead atoms. The SMILES string of the molecule is N#Cc1ccc([NH2+]c2ccccc2)c(C(=O)Nc2ccc(OCc3ccccc3)cc2)c1. The van der Waals surface area contributed by atoms with Gasteiger partial charge in [0.25, 0.3) is 5.91 Å². The molecule has 0 saturated heterocycles. The van der Waals surface area contributed by atoms with E-state index in [1.807, 2.05) is 78.1 Å². The highest BCUT2D eigenvalue weighted by atomic mass is 16.5. The van der Waals surface area contributed by atoms with Crippen molar-refractivity contribution in [3.8, 4) is 11.8 Å². The second-order valence-corrected chi connectivity index (χ2v) is 7.22. The number of nitrogens with one attached hydrogen (secondary N) is 1. The van der Waals surface area contributed by atoms with Crippen molar-refractivity contribution in [2.75, 3.05) is 5.32 Å². The van der Waals surface area contributed by atoms with Gasteiger partial charge in [0.2, 0.25) is 0 Å². The number of nitrogens with two attached hydrogens (primary N) is 1. The van der Waals surface area contributed by atoms with Crippen molar-refractivity contribution in [3.63, 3.8) is 0 Å². The quantitative estimate of drug-likeness (QED) is 0.417. The minimum absolute atomic E-state index is 0.276. The summed E-state index contributed by atoms with van der Waals surface area (Å²) in [4.78, 5) is 13.0. The predicted octanol–water partition coefficient (Wildman–Crippen LogP) is 4.92. The topological polar surface area (TPSA) is 78.7 Å². The molecule has 1 amide bonds. The molecule has 0 atom stereocenters. The van der Waals surface area contributed by atoms with E-state index in [1.165, 1.54) is 0 Å². The van der Waals surface area contributed by atoms with Crippen LogP contribution >= 0.6 is 0 Å². The summed E-state index contributed by atoms with van der Waals surface area (Å²) in [6.45, 7) is 0.478. The Balaban J connectivity index is 1.46. The number of para-hydroxylation sites is 1. The van der Waals surface area contributed by atoms with Gasteiger partial charge in [0.15, 0.2) is 0 Å². The Morgan fingerprint density at radius 1 is 0.875 bits per heavy atom. The number of carbonyl (C=O) groups excluding carboxylic acids is 1. The van der Waals surface area contributed by atoms with Crippen molar-refractivity contribution in [2.45, 2.75) is 6.61 Å². The molecule has 0 fully saturated rings. The molecule has 0 aliphatic rings. The van der Waals surface area contributed by atoms with Gasteiger partial charge in [0.05, 0.1) is 11.6 Å². The molecule has 0 saturated carbocycles. The zero-order valence-corrected chi connectivity index (χ0v) is 17.4. The van der Waals surface area contributed by atoms with E-state index >= 15 is 0 Å². The minimum Gasteiger partial charge on any atom is -0.489 e. The summed E-state index contributed by atoms with van der Waals surface area (Å²) < 4.78 is 5.80. The largest absolute Gasteiger partial charge is 0.489 e. The summed E-state index contributed by atoms with van der Waals surface area (Å²) in [5.74, 6) is 0.443. The highest BCUT2D eigenvalue weighted by Gasteiger charge is 2.17. The number of hydrogen-bond donors (Lipinski definition) is 2. The first-order valence-electron chi connectivity index (χ1n) is 10.2. The molecule has 5 heteroatoms. The van der Waals surface area contributed by atoms with Crippen molar-refractivity contribution >= 4 is 23.0 Å². The Labute approximate surface area is 186 Å². The third-order valence-electron chi connectivity index (χ3n) is 4.91. The van der Waals surface area contributed by atoms with Crippen LogP contribution in [0.3, 0.4) is 0 Å². The summed E-state index contributed by atoms with van der Waals surface area (Å²) in [5.41, 5.74) is 4.34. The number of benzene rings is 4. The standard InChI is InChI=1S/C27H21N3O2/c28-18-21-11-16-26(29-22-9-5-2-6-10-22)25(17-21)27(31)30-23-12-14-24(15-13-23)32-19-20-7-3-1-4-8-20/h1-17,29H,19H2,(H,30,31)/p+1. The number of carbonyl (C=O) groups is 1. The Kier molecular flexibility index (Phi) is 6.57. The third-order valence-corrected chi connectivity index (χ3v) is 4.91. The van der Waals surface area contributed by atoms with Crippen LogP contribution in [0.1, 0.15) is 21.5 Å². The van der Waals surface area contributed by atoms with E-state index in [0.717, 1.165) is 22.7 Å². The lowest BCUT2D eigenvalue weighted by Crippen LogP contribution is -2.71. The number of anilines is 1. The molecular weight excluding hydrogens is 398 g/mol. The minimum atomic E-state index is -0.276. The molecule has 0 aromatic heterocycles. The molecule has 3 N–H and O–H groups in total. The van der Waals surface area contributed by atoms with Gasteiger partial charge < -0.3 is 10.1 Å². The summed E-state index contributed by atoms with van der Waals surface area (Å²) in [7, 11) is 0. The van der Waals surface area contributed by atoms with Crippen LogP contribution in [0.2, 0.25) is 0 Å². The Morgan fingerprint density at radius 3 is 2.25 bits per heavy atom. The lowest BCUT2D eigenvalue weighted by molar-refractivity contribution is -0.478. The van der Waals surface area contributed by atoms with Crippen molar-refractivity contribution in [2.24, 2.45) is 0 Å². The number of amides is 1. The molecule has 0 aliphatic carbocycles. The van der Waals surface area contributed by atoms with Gasteiger partial charge in [-0.05, 0) is 54.1 Å². The first-order valence-corrected chi connectivity index (χ1v) is 10.2. The molecule has 4 aromatic carbocycles. The second kappa shape index (κ2) is 10.1. The molecule has 0 spiro atoms. The van der Waals surface area contributed by atoms with Gasteiger partial charge in [-0.1, -0.05) is 48.5 Å². The lowest BCUT2D eigenvalue weighted by atomic mass is 10.1. The Bertz CT molecular complexity index is 1230. The molecule has 156 valence electrons. The van der Waals surface area contributed by atoms with E-state index in [4.69, 9.17) is 4.74 Å². The summed E-state index contributed by atoms with van der Waals surface area (Å²) in [6.07, 6.45) is 0. The molecule has 0 unspecified atom stereocenters. The fourth-order valence-electron chi connectivity index (χ4n) is 3.25. The van der Waals surface area contributed by atoms with Crippen LogP contribution < -0.4 is 15.4 Å². The van der Waals surface area contributed by atoms with E-state index < -0.39 is 0 Å². The van der Waals surface area contributed by atoms with Gasteiger partial charge in [-0.25, -0.2) is 0 Å². The molecule has 4 aromatic rings. The average Bonchev–Trinajstić information content (AvgIpc) is 2.85. The molecule has 32 heavy (non-hydrogen) atoms. The van der Waals surface area contributed by atoms with E-state index in [2.05, 4.69) is 11.4 Å². The number of hydrogen-bond acceptors (Lipinski definition) is 3. The highest BCUT2D eigenvalue weighted by Crippen LogP contribution is 2.20. The predicted molar refractivity (Wildman–Crippen MR) is 124 cm³/mol. The molecule has 0 radical (unpaired) electrons. The molecule has 0 heterocycles. The number of ether oxygens (including phenoxy) is 1. The van der Waals surface area contributed by atoms with Gasteiger partial charge in [-0.15, -0.1) is 0 Å². The smallest absolute Gasteiger partial charge is 0.261 e.